The topological polar surface area (TPSA) is 52.1 Å². The molecule has 1 heterocycles. The monoisotopic (exact) mass is 226 g/mol. The molecule has 0 spiro atoms. The number of esters is 1. The third-order valence-electron chi connectivity index (χ3n) is 1.62. The SMILES string of the molecule is CCCCOC(=O)CSc1ncccn1. The number of carbonyl (C=O) groups is 1. The van der Waals surface area contributed by atoms with Crippen LogP contribution in [0.25, 0.3) is 0 Å². The number of hydrogen-bond acceptors (Lipinski definition) is 5. The van der Waals surface area contributed by atoms with Crippen molar-refractivity contribution in [3.05, 3.63) is 18.5 Å². The van der Waals surface area contributed by atoms with Crippen LogP contribution in [0.15, 0.2) is 23.6 Å². The van der Waals surface area contributed by atoms with Gasteiger partial charge in [0.2, 0.25) is 0 Å². The summed E-state index contributed by atoms with van der Waals surface area (Å²) in [5, 5.41) is 0.602. The molecular weight excluding hydrogens is 212 g/mol. The molecule has 1 rings (SSSR count). The van der Waals surface area contributed by atoms with Gasteiger partial charge < -0.3 is 4.74 Å². The molecule has 0 aliphatic carbocycles. The van der Waals surface area contributed by atoms with E-state index in [1.54, 1.807) is 18.5 Å². The maximum atomic E-state index is 11.2. The van der Waals surface area contributed by atoms with Crippen LogP contribution in [0.2, 0.25) is 0 Å². The minimum absolute atomic E-state index is 0.207. The lowest BCUT2D eigenvalue weighted by Crippen LogP contribution is -2.08. The molecule has 0 atom stereocenters. The Kier molecular flexibility index (Phi) is 5.77. The Morgan fingerprint density at radius 3 is 2.87 bits per heavy atom. The van der Waals surface area contributed by atoms with Crippen LogP contribution in [-0.2, 0) is 9.53 Å². The number of hydrogen-bond donors (Lipinski definition) is 0. The average Bonchev–Trinajstić information content (AvgIpc) is 2.28. The van der Waals surface area contributed by atoms with Gasteiger partial charge in [-0.25, -0.2) is 9.97 Å². The average molecular weight is 226 g/mol. The lowest BCUT2D eigenvalue weighted by Gasteiger charge is -2.02. The third-order valence-corrected chi connectivity index (χ3v) is 2.47. The van der Waals surface area contributed by atoms with Crippen molar-refractivity contribution < 1.29 is 9.53 Å². The molecule has 0 aliphatic rings. The van der Waals surface area contributed by atoms with E-state index in [1.807, 2.05) is 0 Å². The van der Waals surface area contributed by atoms with Crippen molar-refractivity contribution >= 4 is 17.7 Å². The van der Waals surface area contributed by atoms with Crippen molar-refractivity contribution in [1.82, 2.24) is 9.97 Å². The van der Waals surface area contributed by atoms with Crippen molar-refractivity contribution in [3.63, 3.8) is 0 Å². The molecule has 0 saturated carbocycles. The summed E-state index contributed by atoms with van der Waals surface area (Å²) in [5.74, 6) is 0.0641. The van der Waals surface area contributed by atoms with Gasteiger partial charge in [0.15, 0.2) is 5.16 Å². The zero-order chi connectivity index (χ0) is 10.9. The summed E-state index contributed by atoms with van der Waals surface area (Å²) in [6.07, 6.45) is 5.25. The Morgan fingerprint density at radius 1 is 1.47 bits per heavy atom. The van der Waals surface area contributed by atoms with Crippen molar-refractivity contribution in [3.8, 4) is 0 Å². The second-order valence-electron chi connectivity index (χ2n) is 2.89. The molecule has 1 aromatic heterocycles. The Balaban J connectivity index is 2.17. The summed E-state index contributed by atoms with van der Waals surface area (Å²) in [6, 6.07) is 1.74. The molecule has 4 nitrogen and oxygen atoms in total. The lowest BCUT2D eigenvalue weighted by atomic mass is 10.4. The van der Waals surface area contributed by atoms with E-state index in [1.165, 1.54) is 11.8 Å². The molecule has 0 radical (unpaired) electrons. The van der Waals surface area contributed by atoms with Crippen molar-refractivity contribution in [2.45, 2.75) is 24.9 Å². The fraction of sp³-hybridized carbons (Fsp3) is 0.500. The largest absolute Gasteiger partial charge is 0.465 e. The van der Waals surface area contributed by atoms with Crippen LogP contribution < -0.4 is 0 Å². The molecule has 0 aromatic carbocycles. The van der Waals surface area contributed by atoms with Gasteiger partial charge in [0, 0.05) is 12.4 Å². The van der Waals surface area contributed by atoms with E-state index in [9.17, 15) is 4.79 Å². The van der Waals surface area contributed by atoms with E-state index in [0.29, 0.717) is 11.8 Å². The van der Waals surface area contributed by atoms with Gasteiger partial charge in [-0.3, -0.25) is 4.79 Å². The normalized spacial score (nSPS) is 9.93. The van der Waals surface area contributed by atoms with Gasteiger partial charge in [0.05, 0.1) is 12.4 Å². The summed E-state index contributed by atoms with van der Waals surface area (Å²) in [5.41, 5.74) is 0. The van der Waals surface area contributed by atoms with Gasteiger partial charge in [-0.1, -0.05) is 25.1 Å². The number of unbranched alkanes of at least 4 members (excludes halogenated alkanes) is 1. The Hall–Kier alpha value is -1.10. The summed E-state index contributed by atoms with van der Waals surface area (Å²) < 4.78 is 4.99. The summed E-state index contributed by atoms with van der Waals surface area (Å²) in [4.78, 5) is 19.2. The highest BCUT2D eigenvalue weighted by molar-refractivity contribution is 7.99. The molecule has 82 valence electrons. The Bertz CT molecular complexity index is 293. The molecule has 0 bridgehead atoms. The number of thioether (sulfide) groups is 1. The Labute approximate surface area is 93.5 Å². The lowest BCUT2D eigenvalue weighted by molar-refractivity contribution is -0.140. The van der Waals surface area contributed by atoms with E-state index >= 15 is 0 Å². The molecule has 0 saturated heterocycles. The molecule has 5 heteroatoms. The molecule has 0 fully saturated rings. The fourth-order valence-corrected chi connectivity index (χ4v) is 1.46. The third kappa shape index (κ3) is 5.37. The number of rotatable bonds is 6. The predicted octanol–water partition coefficient (Wildman–Crippen LogP) is 1.91. The second kappa shape index (κ2) is 7.23. The van der Waals surface area contributed by atoms with E-state index < -0.39 is 0 Å². The molecule has 0 amide bonds. The number of carbonyl (C=O) groups excluding carboxylic acids is 1. The van der Waals surface area contributed by atoms with Gasteiger partial charge in [-0.2, -0.15) is 0 Å². The van der Waals surface area contributed by atoms with Gasteiger partial charge in [-0.05, 0) is 12.5 Å². The first-order valence-corrected chi connectivity index (χ1v) is 5.87. The van der Waals surface area contributed by atoms with Gasteiger partial charge in [0.1, 0.15) is 0 Å². The quantitative estimate of drug-likeness (QED) is 0.321. The molecule has 0 N–H and O–H groups in total. The van der Waals surface area contributed by atoms with Crippen LogP contribution >= 0.6 is 11.8 Å². The van der Waals surface area contributed by atoms with Crippen LogP contribution in [0.5, 0.6) is 0 Å². The van der Waals surface area contributed by atoms with Crippen LogP contribution in [-0.4, -0.2) is 28.3 Å². The highest BCUT2D eigenvalue weighted by atomic mass is 32.2. The standard InChI is InChI=1S/C10H14N2O2S/c1-2-3-7-14-9(13)8-15-10-11-5-4-6-12-10/h4-6H,2-3,7-8H2,1H3. The van der Waals surface area contributed by atoms with Gasteiger partial charge in [0.25, 0.3) is 0 Å². The first-order chi connectivity index (χ1) is 7.33. The van der Waals surface area contributed by atoms with Crippen LogP contribution in [0.3, 0.4) is 0 Å². The van der Waals surface area contributed by atoms with E-state index in [4.69, 9.17) is 4.74 Å². The van der Waals surface area contributed by atoms with E-state index in [0.717, 1.165) is 12.8 Å². The van der Waals surface area contributed by atoms with Crippen LogP contribution in [0, 0.1) is 0 Å². The predicted molar refractivity (Wildman–Crippen MR) is 58.6 cm³/mol. The molecule has 1 aromatic rings. The highest BCUT2D eigenvalue weighted by Crippen LogP contribution is 2.10. The van der Waals surface area contributed by atoms with Crippen molar-refractivity contribution in [1.29, 1.82) is 0 Å². The fourth-order valence-electron chi connectivity index (χ4n) is 0.855. The van der Waals surface area contributed by atoms with Crippen LogP contribution in [0.1, 0.15) is 19.8 Å². The van der Waals surface area contributed by atoms with Crippen molar-refractivity contribution in [2.75, 3.05) is 12.4 Å². The van der Waals surface area contributed by atoms with Gasteiger partial charge >= 0.3 is 5.97 Å². The van der Waals surface area contributed by atoms with Crippen LogP contribution in [0.4, 0.5) is 0 Å². The zero-order valence-corrected chi connectivity index (χ0v) is 9.50. The van der Waals surface area contributed by atoms with Gasteiger partial charge in [-0.15, -0.1) is 0 Å². The summed E-state index contributed by atoms with van der Waals surface area (Å²) in [7, 11) is 0. The molecule has 0 aliphatic heterocycles. The molecule has 15 heavy (non-hydrogen) atoms. The smallest absolute Gasteiger partial charge is 0.316 e. The maximum absolute atomic E-state index is 11.2. The minimum Gasteiger partial charge on any atom is -0.465 e. The zero-order valence-electron chi connectivity index (χ0n) is 8.68. The first-order valence-electron chi connectivity index (χ1n) is 4.88. The number of ether oxygens (including phenoxy) is 1. The van der Waals surface area contributed by atoms with E-state index in [-0.39, 0.29) is 11.7 Å². The number of aromatic nitrogens is 2. The van der Waals surface area contributed by atoms with Crippen molar-refractivity contribution in [2.24, 2.45) is 0 Å². The minimum atomic E-state index is -0.207. The molecular formula is C10H14N2O2S. The van der Waals surface area contributed by atoms with E-state index in [2.05, 4.69) is 16.9 Å². The first kappa shape index (κ1) is 12.0. The highest BCUT2D eigenvalue weighted by Gasteiger charge is 2.04. The Morgan fingerprint density at radius 2 is 2.20 bits per heavy atom. The summed E-state index contributed by atoms with van der Waals surface area (Å²) >= 11 is 1.29. The number of nitrogens with zero attached hydrogens (tertiary/aromatic N) is 2. The second-order valence-corrected chi connectivity index (χ2v) is 3.84. The maximum Gasteiger partial charge on any atom is 0.316 e. The summed E-state index contributed by atoms with van der Waals surface area (Å²) in [6.45, 7) is 2.56. The molecule has 0 unspecified atom stereocenters.